The molecule has 0 fully saturated rings. The summed E-state index contributed by atoms with van der Waals surface area (Å²) in [5, 5.41) is 15.0. The van der Waals surface area contributed by atoms with Crippen LogP contribution in [0.1, 0.15) is 10.4 Å². The predicted molar refractivity (Wildman–Crippen MR) is 90.6 cm³/mol. The lowest BCUT2D eigenvalue weighted by molar-refractivity contribution is -0.115. The number of phenols is 1. The molecule has 0 aliphatic rings. The van der Waals surface area contributed by atoms with Gasteiger partial charge in [0.15, 0.2) is 5.13 Å². The Balaban J connectivity index is 1.67. The lowest BCUT2D eigenvalue weighted by Gasteiger charge is -2.03. The summed E-state index contributed by atoms with van der Waals surface area (Å²) in [5.74, 6) is -0.0590. The van der Waals surface area contributed by atoms with Gasteiger partial charge in [0.1, 0.15) is 5.75 Å². The van der Waals surface area contributed by atoms with E-state index in [9.17, 15) is 9.90 Å². The molecule has 0 bridgehead atoms. The number of aromatic hydroxyl groups is 1. The van der Waals surface area contributed by atoms with Gasteiger partial charge in [0.05, 0.1) is 17.0 Å². The smallest absolute Gasteiger partial charge is 0.230 e. The average molecular weight is 330 g/mol. The summed E-state index contributed by atoms with van der Waals surface area (Å²) in [6.07, 6.45) is 0.125. The molecule has 0 aliphatic carbocycles. The monoisotopic (exact) mass is 330 g/mol. The highest BCUT2D eigenvalue weighted by Gasteiger charge is 2.11. The molecule has 2 aromatic heterocycles. The number of carbonyl (C=O) groups excluding carboxylic acids is 1. The number of nitrogens with one attached hydrogen (secondary N) is 1. The summed E-state index contributed by atoms with van der Waals surface area (Å²) in [6.45, 7) is 2.05. The summed E-state index contributed by atoms with van der Waals surface area (Å²) in [5.41, 5.74) is 1.48. The minimum Gasteiger partial charge on any atom is -0.508 e. The van der Waals surface area contributed by atoms with Crippen LogP contribution in [0.2, 0.25) is 0 Å². The van der Waals surface area contributed by atoms with Crippen LogP contribution in [0.4, 0.5) is 5.13 Å². The number of hydrogen-bond acceptors (Lipinski definition) is 5. The highest BCUT2D eigenvalue weighted by atomic mass is 32.1. The number of carbonyl (C=O) groups is 1. The van der Waals surface area contributed by atoms with Gasteiger partial charge in [0.2, 0.25) is 5.91 Å². The van der Waals surface area contributed by atoms with Crippen molar-refractivity contribution in [3.63, 3.8) is 0 Å². The van der Waals surface area contributed by atoms with Crippen LogP contribution >= 0.6 is 22.7 Å². The summed E-state index contributed by atoms with van der Waals surface area (Å²) < 4.78 is 0. The highest BCUT2D eigenvalue weighted by molar-refractivity contribution is 7.17. The molecule has 0 aliphatic heterocycles. The molecule has 0 spiro atoms. The normalized spacial score (nSPS) is 10.6. The number of thiazole rings is 1. The number of nitrogens with zero attached hydrogens (tertiary/aromatic N) is 1. The number of rotatable bonds is 4. The summed E-state index contributed by atoms with van der Waals surface area (Å²) in [7, 11) is 0. The van der Waals surface area contributed by atoms with Crippen LogP contribution in [0.25, 0.3) is 10.6 Å². The number of aromatic nitrogens is 1. The van der Waals surface area contributed by atoms with E-state index in [1.165, 1.54) is 16.2 Å². The second kappa shape index (κ2) is 6.29. The van der Waals surface area contributed by atoms with Gasteiger partial charge in [-0.3, -0.25) is 4.79 Å². The Kier molecular flexibility index (Phi) is 4.22. The van der Waals surface area contributed by atoms with E-state index in [-0.39, 0.29) is 18.1 Å². The maximum atomic E-state index is 12.0. The van der Waals surface area contributed by atoms with Gasteiger partial charge in [-0.1, -0.05) is 18.2 Å². The molecular formula is C16H14N2O2S2. The third-order valence-electron chi connectivity index (χ3n) is 3.09. The van der Waals surface area contributed by atoms with E-state index in [2.05, 4.69) is 23.3 Å². The van der Waals surface area contributed by atoms with Crippen LogP contribution in [0.3, 0.4) is 0 Å². The Morgan fingerprint density at radius 1 is 1.27 bits per heavy atom. The van der Waals surface area contributed by atoms with E-state index in [0.29, 0.717) is 10.7 Å². The van der Waals surface area contributed by atoms with Crippen molar-refractivity contribution in [3.8, 4) is 16.3 Å². The third kappa shape index (κ3) is 3.35. The van der Waals surface area contributed by atoms with E-state index in [4.69, 9.17) is 0 Å². The van der Waals surface area contributed by atoms with Gasteiger partial charge < -0.3 is 10.4 Å². The fraction of sp³-hybridized carbons (Fsp3) is 0.125. The number of hydrogen-bond donors (Lipinski definition) is 2. The highest BCUT2D eigenvalue weighted by Crippen LogP contribution is 2.30. The van der Waals surface area contributed by atoms with Crippen LogP contribution in [-0.4, -0.2) is 16.0 Å². The van der Waals surface area contributed by atoms with Crippen molar-refractivity contribution >= 4 is 33.7 Å². The summed E-state index contributed by atoms with van der Waals surface area (Å²) in [4.78, 5) is 18.8. The zero-order valence-corrected chi connectivity index (χ0v) is 13.5. The van der Waals surface area contributed by atoms with Gasteiger partial charge in [-0.2, -0.15) is 0 Å². The van der Waals surface area contributed by atoms with Crippen molar-refractivity contribution in [1.82, 2.24) is 4.98 Å². The fourth-order valence-corrected chi connectivity index (χ4v) is 3.64. The first-order valence-corrected chi connectivity index (χ1v) is 8.40. The maximum Gasteiger partial charge on any atom is 0.230 e. The van der Waals surface area contributed by atoms with Gasteiger partial charge in [-0.15, -0.1) is 22.7 Å². The van der Waals surface area contributed by atoms with Gasteiger partial charge in [0, 0.05) is 15.8 Å². The number of anilines is 1. The molecule has 0 atom stereocenters. The molecule has 3 aromatic rings. The van der Waals surface area contributed by atoms with E-state index in [1.807, 2.05) is 11.4 Å². The molecule has 0 saturated heterocycles. The molecule has 0 radical (unpaired) electrons. The first-order valence-electron chi connectivity index (χ1n) is 6.71. The molecule has 2 N–H and O–H groups in total. The predicted octanol–water partition coefficient (Wildman–Crippen LogP) is 4.07. The first-order chi connectivity index (χ1) is 10.6. The molecule has 0 saturated carbocycles. The molecule has 4 nitrogen and oxygen atoms in total. The Morgan fingerprint density at radius 3 is 2.82 bits per heavy atom. The number of aryl methyl sites for hydroxylation is 1. The molecular weight excluding hydrogens is 316 g/mol. The Bertz CT molecular complexity index is 808. The molecule has 112 valence electrons. The molecule has 6 heteroatoms. The number of para-hydroxylation sites is 1. The number of thiophene rings is 1. The summed E-state index contributed by atoms with van der Waals surface area (Å²) >= 11 is 3.07. The Morgan fingerprint density at radius 2 is 2.09 bits per heavy atom. The lowest BCUT2D eigenvalue weighted by atomic mass is 10.1. The standard InChI is InChI=1S/C16H14N2O2S2/c1-10-6-7-14(22-10)12-9-21-16(17-12)18-15(20)8-11-4-2-3-5-13(11)19/h2-7,9,19H,8H2,1H3,(H,17,18,20). The van der Waals surface area contributed by atoms with Crippen molar-refractivity contribution in [2.75, 3.05) is 5.32 Å². The Hall–Kier alpha value is -2.18. The average Bonchev–Trinajstić information content (AvgIpc) is 3.10. The van der Waals surface area contributed by atoms with Crippen LogP contribution in [0.5, 0.6) is 5.75 Å². The molecule has 0 unspecified atom stereocenters. The van der Waals surface area contributed by atoms with E-state index >= 15 is 0 Å². The van der Waals surface area contributed by atoms with Crippen LogP contribution < -0.4 is 5.32 Å². The van der Waals surface area contributed by atoms with Gasteiger partial charge >= 0.3 is 0 Å². The SMILES string of the molecule is Cc1ccc(-c2csc(NC(=O)Cc3ccccc3O)n2)s1. The van der Waals surface area contributed by atoms with Crippen molar-refractivity contribution < 1.29 is 9.90 Å². The molecule has 1 aromatic carbocycles. The second-order valence-corrected chi connectivity index (χ2v) is 6.95. The van der Waals surface area contributed by atoms with Gasteiger partial charge in [-0.05, 0) is 25.1 Å². The minimum atomic E-state index is -0.190. The Labute approximate surface area is 136 Å². The van der Waals surface area contributed by atoms with Crippen LogP contribution in [-0.2, 0) is 11.2 Å². The lowest BCUT2D eigenvalue weighted by Crippen LogP contribution is -2.14. The fourth-order valence-electron chi connectivity index (χ4n) is 2.01. The molecule has 1 amide bonds. The molecule has 22 heavy (non-hydrogen) atoms. The number of phenolic OH excluding ortho intramolecular Hbond substituents is 1. The van der Waals surface area contributed by atoms with Crippen LogP contribution in [0, 0.1) is 6.92 Å². The summed E-state index contributed by atoms with van der Waals surface area (Å²) in [6, 6.07) is 10.9. The van der Waals surface area contributed by atoms with E-state index in [0.717, 1.165) is 10.6 Å². The quantitative estimate of drug-likeness (QED) is 0.758. The largest absolute Gasteiger partial charge is 0.508 e. The van der Waals surface area contributed by atoms with Crippen molar-refractivity contribution in [1.29, 1.82) is 0 Å². The zero-order valence-electron chi connectivity index (χ0n) is 11.9. The zero-order chi connectivity index (χ0) is 15.5. The van der Waals surface area contributed by atoms with Crippen molar-refractivity contribution in [2.24, 2.45) is 0 Å². The number of benzene rings is 1. The topological polar surface area (TPSA) is 62.2 Å². The van der Waals surface area contributed by atoms with E-state index in [1.54, 1.807) is 35.6 Å². The van der Waals surface area contributed by atoms with Gasteiger partial charge in [-0.25, -0.2) is 4.98 Å². The second-order valence-electron chi connectivity index (χ2n) is 4.80. The van der Waals surface area contributed by atoms with E-state index < -0.39 is 0 Å². The van der Waals surface area contributed by atoms with Crippen LogP contribution in [0.15, 0.2) is 41.8 Å². The van der Waals surface area contributed by atoms with Crippen molar-refractivity contribution in [2.45, 2.75) is 13.3 Å². The first kappa shape index (κ1) is 14.7. The number of amides is 1. The van der Waals surface area contributed by atoms with Crippen molar-refractivity contribution in [3.05, 3.63) is 52.2 Å². The third-order valence-corrected chi connectivity index (χ3v) is 4.87. The maximum absolute atomic E-state index is 12.0. The minimum absolute atomic E-state index is 0.125. The molecule has 3 rings (SSSR count). The molecule has 2 heterocycles. The van der Waals surface area contributed by atoms with Gasteiger partial charge in [0.25, 0.3) is 0 Å².